The maximum Gasteiger partial charge on any atom is 0.242 e. The summed E-state index contributed by atoms with van der Waals surface area (Å²) in [6.07, 6.45) is 10.3. The van der Waals surface area contributed by atoms with Gasteiger partial charge in [-0.2, -0.15) is 0 Å². The van der Waals surface area contributed by atoms with Gasteiger partial charge in [-0.25, -0.2) is 4.99 Å². The number of guanidine groups is 1. The van der Waals surface area contributed by atoms with Crippen LogP contribution in [-0.2, 0) is 9.53 Å². The average Bonchev–Trinajstić information content (AvgIpc) is 3.36. The number of nitrogens with zero attached hydrogens (tertiary/aromatic N) is 1. The Labute approximate surface area is 139 Å². The Bertz CT molecular complexity index is 375. The monoisotopic (exact) mass is 324 g/mol. The number of carbonyl (C=O) groups excluding carboxylic acids is 1. The van der Waals surface area contributed by atoms with Crippen LogP contribution in [0.4, 0.5) is 0 Å². The van der Waals surface area contributed by atoms with E-state index in [-0.39, 0.29) is 12.5 Å². The topological polar surface area (TPSA) is 74.8 Å². The molecule has 0 bridgehead atoms. The molecule has 0 unspecified atom stereocenters. The second-order valence-corrected chi connectivity index (χ2v) is 6.45. The predicted molar refractivity (Wildman–Crippen MR) is 92.6 cm³/mol. The fourth-order valence-corrected chi connectivity index (χ4v) is 2.80. The summed E-state index contributed by atoms with van der Waals surface area (Å²) >= 11 is 0. The van der Waals surface area contributed by atoms with Gasteiger partial charge in [0, 0.05) is 19.1 Å². The molecular weight excluding hydrogens is 292 g/mol. The van der Waals surface area contributed by atoms with E-state index in [9.17, 15) is 4.79 Å². The molecule has 2 aliphatic carbocycles. The van der Waals surface area contributed by atoms with Crippen molar-refractivity contribution in [2.45, 2.75) is 70.4 Å². The molecule has 2 rings (SSSR count). The van der Waals surface area contributed by atoms with Crippen molar-refractivity contribution in [3.05, 3.63) is 0 Å². The van der Waals surface area contributed by atoms with Crippen LogP contribution in [0.15, 0.2) is 4.99 Å². The van der Waals surface area contributed by atoms with Crippen LogP contribution in [0.25, 0.3) is 0 Å². The fraction of sp³-hybridized carbons (Fsp3) is 0.882. The van der Waals surface area contributed by atoms with E-state index in [1.807, 2.05) is 6.92 Å². The first-order valence-electron chi connectivity index (χ1n) is 9.21. The third kappa shape index (κ3) is 8.21. The first-order valence-corrected chi connectivity index (χ1v) is 9.21. The lowest BCUT2D eigenvalue weighted by atomic mass is 10.1. The van der Waals surface area contributed by atoms with Crippen molar-refractivity contribution in [3.8, 4) is 0 Å². The molecular formula is C17H32N4O2. The van der Waals surface area contributed by atoms with Crippen molar-refractivity contribution >= 4 is 11.9 Å². The molecule has 0 heterocycles. The molecule has 2 aliphatic rings. The van der Waals surface area contributed by atoms with Crippen LogP contribution in [0.5, 0.6) is 0 Å². The Morgan fingerprint density at radius 2 is 1.83 bits per heavy atom. The lowest BCUT2D eigenvalue weighted by Gasteiger charge is -2.16. The number of nitrogens with one attached hydrogen (secondary N) is 3. The Kier molecular flexibility index (Phi) is 8.21. The summed E-state index contributed by atoms with van der Waals surface area (Å²) in [5.41, 5.74) is 0. The van der Waals surface area contributed by atoms with E-state index >= 15 is 0 Å². The summed E-state index contributed by atoms with van der Waals surface area (Å²) in [4.78, 5) is 16.0. The van der Waals surface area contributed by atoms with Gasteiger partial charge in [-0.3, -0.25) is 4.79 Å². The maximum atomic E-state index is 11.7. The van der Waals surface area contributed by atoms with Gasteiger partial charge in [0.25, 0.3) is 0 Å². The maximum absolute atomic E-state index is 11.7. The van der Waals surface area contributed by atoms with Gasteiger partial charge in [-0.15, -0.1) is 0 Å². The lowest BCUT2D eigenvalue weighted by molar-refractivity contribution is -0.119. The Hall–Kier alpha value is -1.30. The zero-order valence-corrected chi connectivity index (χ0v) is 14.4. The second kappa shape index (κ2) is 10.5. The minimum atomic E-state index is -0.000548. The van der Waals surface area contributed by atoms with Crippen molar-refractivity contribution in [2.75, 3.05) is 26.2 Å². The van der Waals surface area contributed by atoms with E-state index in [1.54, 1.807) is 0 Å². The normalized spacial score (nSPS) is 20.0. The van der Waals surface area contributed by atoms with E-state index in [0.29, 0.717) is 31.3 Å². The van der Waals surface area contributed by atoms with Crippen molar-refractivity contribution < 1.29 is 9.53 Å². The minimum absolute atomic E-state index is 0.000548. The summed E-state index contributed by atoms with van der Waals surface area (Å²) in [6, 6.07) is 0.390. The van der Waals surface area contributed by atoms with Gasteiger partial charge in [0.05, 0.1) is 12.7 Å². The van der Waals surface area contributed by atoms with E-state index in [2.05, 4.69) is 20.9 Å². The van der Waals surface area contributed by atoms with Gasteiger partial charge in [-0.1, -0.05) is 25.7 Å². The van der Waals surface area contributed by atoms with Crippen molar-refractivity contribution in [3.63, 3.8) is 0 Å². The van der Waals surface area contributed by atoms with Gasteiger partial charge < -0.3 is 20.7 Å². The molecule has 6 nitrogen and oxygen atoms in total. The number of ether oxygens (including phenoxy) is 1. The molecule has 2 saturated carbocycles. The number of amides is 1. The Morgan fingerprint density at radius 3 is 2.48 bits per heavy atom. The standard InChI is InChI=1S/C17H32N4O2/c1-2-18-17(20-13-16(22)21-14-9-10-14)19-11-12-23-15-7-5-3-4-6-8-15/h14-15H,2-13H2,1H3,(H,21,22)(H2,18,19,20). The zero-order valence-electron chi connectivity index (χ0n) is 14.4. The fourth-order valence-electron chi connectivity index (χ4n) is 2.80. The van der Waals surface area contributed by atoms with Gasteiger partial charge in [0.1, 0.15) is 6.54 Å². The third-order valence-electron chi connectivity index (χ3n) is 4.22. The molecule has 0 radical (unpaired) electrons. The van der Waals surface area contributed by atoms with E-state index in [0.717, 1.165) is 19.4 Å². The summed E-state index contributed by atoms with van der Waals surface area (Å²) in [7, 11) is 0. The molecule has 132 valence electrons. The predicted octanol–water partition coefficient (Wildman–Crippen LogP) is 1.56. The quantitative estimate of drug-likeness (QED) is 0.274. The zero-order chi connectivity index (χ0) is 16.3. The highest BCUT2D eigenvalue weighted by Crippen LogP contribution is 2.19. The van der Waals surface area contributed by atoms with Crippen LogP contribution in [0.1, 0.15) is 58.3 Å². The van der Waals surface area contributed by atoms with E-state index < -0.39 is 0 Å². The molecule has 0 atom stereocenters. The molecule has 0 aliphatic heterocycles. The summed E-state index contributed by atoms with van der Waals surface area (Å²) < 4.78 is 5.95. The lowest BCUT2D eigenvalue weighted by Crippen LogP contribution is -2.40. The molecule has 1 amide bonds. The van der Waals surface area contributed by atoms with Crippen molar-refractivity contribution in [1.82, 2.24) is 16.0 Å². The second-order valence-electron chi connectivity index (χ2n) is 6.45. The van der Waals surface area contributed by atoms with Crippen molar-refractivity contribution in [1.29, 1.82) is 0 Å². The molecule has 6 heteroatoms. The molecule has 2 fully saturated rings. The van der Waals surface area contributed by atoms with Crippen LogP contribution in [0.3, 0.4) is 0 Å². The highest BCUT2D eigenvalue weighted by atomic mass is 16.5. The molecule has 3 N–H and O–H groups in total. The first kappa shape index (κ1) is 18.0. The van der Waals surface area contributed by atoms with Crippen LogP contribution in [0, 0.1) is 0 Å². The van der Waals surface area contributed by atoms with Gasteiger partial charge >= 0.3 is 0 Å². The molecule has 0 aromatic rings. The number of rotatable bonds is 8. The molecule has 0 aromatic carbocycles. The first-order chi connectivity index (χ1) is 11.3. The highest BCUT2D eigenvalue weighted by molar-refractivity contribution is 5.85. The van der Waals surface area contributed by atoms with Gasteiger partial charge in [0.15, 0.2) is 5.96 Å². The molecule has 0 aromatic heterocycles. The average molecular weight is 324 g/mol. The Balaban J connectivity index is 1.61. The SMILES string of the molecule is CCNC(=NCC(=O)NC1CC1)NCCOC1CCCCCC1. The van der Waals surface area contributed by atoms with Crippen LogP contribution >= 0.6 is 0 Å². The number of carbonyl (C=O) groups is 1. The molecule has 23 heavy (non-hydrogen) atoms. The largest absolute Gasteiger partial charge is 0.376 e. The highest BCUT2D eigenvalue weighted by Gasteiger charge is 2.22. The minimum Gasteiger partial charge on any atom is -0.376 e. The summed E-state index contributed by atoms with van der Waals surface area (Å²) in [5, 5.41) is 9.33. The van der Waals surface area contributed by atoms with E-state index in [4.69, 9.17) is 4.74 Å². The summed E-state index contributed by atoms with van der Waals surface area (Å²) in [5.74, 6) is 0.683. The molecule has 0 spiro atoms. The number of hydrogen-bond donors (Lipinski definition) is 3. The van der Waals surface area contributed by atoms with Gasteiger partial charge in [-0.05, 0) is 32.6 Å². The van der Waals surface area contributed by atoms with Gasteiger partial charge in [0.2, 0.25) is 5.91 Å². The van der Waals surface area contributed by atoms with Crippen LogP contribution in [-0.4, -0.2) is 50.3 Å². The van der Waals surface area contributed by atoms with Crippen LogP contribution < -0.4 is 16.0 Å². The number of hydrogen-bond acceptors (Lipinski definition) is 3. The Morgan fingerprint density at radius 1 is 1.09 bits per heavy atom. The number of aliphatic imine (C=N–C) groups is 1. The summed E-state index contributed by atoms with van der Waals surface area (Å²) in [6.45, 7) is 4.37. The molecule has 0 saturated heterocycles. The van der Waals surface area contributed by atoms with E-state index in [1.165, 1.54) is 38.5 Å². The smallest absolute Gasteiger partial charge is 0.242 e. The van der Waals surface area contributed by atoms with Crippen LogP contribution in [0.2, 0.25) is 0 Å². The third-order valence-corrected chi connectivity index (χ3v) is 4.22. The van der Waals surface area contributed by atoms with Crippen molar-refractivity contribution in [2.24, 2.45) is 4.99 Å².